The fraction of sp³-hybridized carbons (Fsp3) is 0.238. The van der Waals surface area contributed by atoms with Gasteiger partial charge < -0.3 is 9.47 Å². The van der Waals surface area contributed by atoms with Crippen LogP contribution in [0.25, 0.3) is 6.08 Å². The highest BCUT2D eigenvalue weighted by Gasteiger charge is 2.32. The van der Waals surface area contributed by atoms with Crippen LogP contribution in [0.3, 0.4) is 0 Å². The Morgan fingerprint density at radius 2 is 2.03 bits per heavy atom. The standard InChI is InChI=1S/C21H19N3O4S/c1-5-11-28-16-9-7-15(8-10-16)12-17-13(3)23-24(19(17)25)21-22-14(4)18(29-21)20(26)27-6-2/h1,7-10,12H,6,11H2,2-4H3/b17-12-. The van der Waals surface area contributed by atoms with Gasteiger partial charge in [-0.25, -0.2) is 9.78 Å². The van der Waals surface area contributed by atoms with Gasteiger partial charge in [-0.1, -0.05) is 29.4 Å². The highest BCUT2D eigenvalue weighted by Crippen LogP contribution is 2.31. The van der Waals surface area contributed by atoms with Crippen molar-refractivity contribution in [2.75, 3.05) is 18.2 Å². The van der Waals surface area contributed by atoms with Crippen molar-refractivity contribution in [2.24, 2.45) is 5.10 Å². The van der Waals surface area contributed by atoms with Crippen LogP contribution in [0.4, 0.5) is 5.13 Å². The number of aromatic nitrogens is 1. The molecule has 0 atom stereocenters. The molecule has 148 valence electrons. The van der Waals surface area contributed by atoms with Crippen molar-refractivity contribution in [3.63, 3.8) is 0 Å². The van der Waals surface area contributed by atoms with Gasteiger partial charge in [-0.3, -0.25) is 4.79 Å². The molecule has 0 aliphatic carbocycles. The van der Waals surface area contributed by atoms with E-state index in [1.807, 2.05) is 12.1 Å². The van der Waals surface area contributed by atoms with Gasteiger partial charge in [-0.05, 0) is 44.5 Å². The lowest BCUT2D eigenvalue weighted by atomic mass is 10.1. The molecular weight excluding hydrogens is 390 g/mol. The number of carbonyl (C=O) groups excluding carboxylic acids is 2. The lowest BCUT2D eigenvalue weighted by Crippen LogP contribution is -2.21. The SMILES string of the molecule is C#CCOc1ccc(/C=C2\C(=O)N(c3nc(C)c(C(=O)OCC)s3)N=C2C)cc1. The van der Waals surface area contributed by atoms with Crippen LogP contribution in [0.15, 0.2) is 34.9 Å². The molecule has 2 heterocycles. The molecule has 1 aromatic heterocycles. The topological polar surface area (TPSA) is 81.1 Å². The number of anilines is 1. The monoisotopic (exact) mass is 409 g/mol. The predicted octanol–water partition coefficient (Wildman–Crippen LogP) is 3.45. The van der Waals surface area contributed by atoms with Gasteiger partial charge in [0, 0.05) is 0 Å². The first kappa shape index (κ1) is 20.3. The van der Waals surface area contributed by atoms with Crippen LogP contribution < -0.4 is 9.75 Å². The zero-order valence-corrected chi connectivity index (χ0v) is 17.1. The first-order chi connectivity index (χ1) is 13.9. The van der Waals surface area contributed by atoms with Crippen molar-refractivity contribution in [3.05, 3.63) is 46.0 Å². The van der Waals surface area contributed by atoms with Gasteiger partial charge in [0.1, 0.15) is 17.2 Å². The number of carbonyl (C=O) groups is 2. The van der Waals surface area contributed by atoms with Crippen molar-refractivity contribution in [1.29, 1.82) is 0 Å². The number of hydrazone groups is 1. The van der Waals surface area contributed by atoms with Crippen LogP contribution in [0.5, 0.6) is 5.75 Å². The third-order valence-corrected chi connectivity index (χ3v) is 5.12. The van der Waals surface area contributed by atoms with E-state index in [4.69, 9.17) is 15.9 Å². The van der Waals surface area contributed by atoms with Gasteiger partial charge in [-0.15, -0.1) is 6.42 Å². The number of aryl methyl sites for hydroxylation is 1. The number of amides is 1. The average molecular weight is 409 g/mol. The van der Waals surface area contributed by atoms with E-state index in [1.165, 1.54) is 5.01 Å². The van der Waals surface area contributed by atoms with E-state index in [1.54, 1.807) is 39.0 Å². The molecule has 0 fully saturated rings. The van der Waals surface area contributed by atoms with Crippen molar-refractivity contribution >= 4 is 40.1 Å². The van der Waals surface area contributed by atoms with Gasteiger partial charge in [0.25, 0.3) is 5.91 Å². The first-order valence-electron chi connectivity index (χ1n) is 8.87. The van der Waals surface area contributed by atoms with E-state index in [-0.39, 0.29) is 19.1 Å². The number of terminal acetylenes is 1. The molecule has 1 amide bonds. The maximum atomic E-state index is 12.9. The molecule has 2 aromatic rings. The Balaban J connectivity index is 1.82. The highest BCUT2D eigenvalue weighted by atomic mass is 32.1. The number of benzene rings is 1. The van der Waals surface area contributed by atoms with Gasteiger partial charge in [0.05, 0.1) is 23.6 Å². The molecule has 0 spiro atoms. The highest BCUT2D eigenvalue weighted by molar-refractivity contribution is 7.17. The lowest BCUT2D eigenvalue weighted by Gasteiger charge is -2.07. The van der Waals surface area contributed by atoms with Crippen LogP contribution in [-0.4, -0.2) is 35.8 Å². The number of thiazole rings is 1. The molecule has 0 saturated heterocycles. The summed E-state index contributed by atoms with van der Waals surface area (Å²) in [5.74, 6) is 2.30. The number of esters is 1. The van der Waals surface area contributed by atoms with Crippen LogP contribution in [0, 0.1) is 19.3 Å². The molecule has 0 N–H and O–H groups in total. The summed E-state index contributed by atoms with van der Waals surface area (Å²) in [6.07, 6.45) is 6.93. The van der Waals surface area contributed by atoms with Crippen LogP contribution in [0.2, 0.25) is 0 Å². The van der Waals surface area contributed by atoms with E-state index in [9.17, 15) is 9.59 Å². The van der Waals surface area contributed by atoms with Gasteiger partial charge >= 0.3 is 5.97 Å². The number of rotatable bonds is 6. The molecule has 1 aliphatic heterocycles. The van der Waals surface area contributed by atoms with Crippen molar-refractivity contribution in [3.8, 4) is 18.1 Å². The van der Waals surface area contributed by atoms with E-state index in [0.717, 1.165) is 16.9 Å². The molecular formula is C21H19N3O4S. The number of hydrogen-bond donors (Lipinski definition) is 0. The molecule has 3 rings (SSSR count). The summed E-state index contributed by atoms with van der Waals surface area (Å²) in [6, 6.07) is 7.22. The van der Waals surface area contributed by atoms with E-state index < -0.39 is 5.97 Å². The van der Waals surface area contributed by atoms with Gasteiger partial charge in [0.15, 0.2) is 0 Å². The summed E-state index contributed by atoms with van der Waals surface area (Å²) < 4.78 is 10.4. The van der Waals surface area contributed by atoms with E-state index >= 15 is 0 Å². The largest absolute Gasteiger partial charge is 0.481 e. The second-order valence-electron chi connectivity index (χ2n) is 6.05. The third-order valence-electron chi connectivity index (χ3n) is 4.00. The Hall–Kier alpha value is -3.44. The molecule has 1 aliphatic rings. The summed E-state index contributed by atoms with van der Waals surface area (Å²) in [5, 5.41) is 5.86. The maximum Gasteiger partial charge on any atom is 0.350 e. The summed E-state index contributed by atoms with van der Waals surface area (Å²) in [7, 11) is 0. The normalized spacial score (nSPS) is 14.7. The Labute approximate surface area is 172 Å². The second-order valence-corrected chi connectivity index (χ2v) is 7.03. The minimum atomic E-state index is -0.455. The van der Waals surface area contributed by atoms with Crippen LogP contribution in [0.1, 0.15) is 34.8 Å². The van der Waals surface area contributed by atoms with Crippen molar-refractivity contribution < 1.29 is 19.1 Å². The van der Waals surface area contributed by atoms with E-state index in [2.05, 4.69) is 16.0 Å². The van der Waals surface area contributed by atoms with Gasteiger partial charge in [0.2, 0.25) is 5.13 Å². The minimum Gasteiger partial charge on any atom is -0.481 e. The minimum absolute atomic E-state index is 0.195. The first-order valence-corrected chi connectivity index (χ1v) is 9.68. The molecule has 0 saturated carbocycles. The molecule has 7 nitrogen and oxygen atoms in total. The molecule has 1 aromatic carbocycles. The number of ether oxygens (including phenoxy) is 2. The fourth-order valence-corrected chi connectivity index (χ4v) is 3.54. The summed E-state index contributed by atoms with van der Waals surface area (Å²) in [4.78, 5) is 29.6. The quantitative estimate of drug-likeness (QED) is 0.415. The summed E-state index contributed by atoms with van der Waals surface area (Å²) in [5.41, 5.74) is 2.34. The third kappa shape index (κ3) is 4.36. The number of hydrogen-bond acceptors (Lipinski definition) is 7. The molecule has 29 heavy (non-hydrogen) atoms. The van der Waals surface area contributed by atoms with Crippen molar-refractivity contribution in [2.45, 2.75) is 20.8 Å². The van der Waals surface area contributed by atoms with Gasteiger partial charge in [-0.2, -0.15) is 10.1 Å². The second kappa shape index (κ2) is 8.71. The zero-order valence-electron chi connectivity index (χ0n) is 16.3. The predicted molar refractivity (Wildman–Crippen MR) is 112 cm³/mol. The average Bonchev–Trinajstić information content (AvgIpc) is 3.22. The molecule has 8 heteroatoms. The molecule has 0 unspecified atom stereocenters. The maximum absolute atomic E-state index is 12.9. The summed E-state index contributed by atoms with van der Waals surface area (Å²) in [6.45, 7) is 5.65. The van der Waals surface area contributed by atoms with Crippen LogP contribution in [-0.2, 0) is 9.53 Å². The number of nitrogens with zero attached hydrogens (tertiary/aromatic N) is 3. The molecule has 0 bridgehead atoms. The Morgan fingerprint density at radius 3 is 2.69 bits per heavy atom. The van der Waals surface area contributed by atoms with Crippen LogP contribution >= 0.6 is 11.3 Å². The van der Waals surface area contributed by atoms with Crippen molar-refractivity contribution in [1.82, 2.24) is 4.98 Å². The summed E-state index contributed by atoms with van der Waals surface area (Å²) >= 11 is 1.08. The Kier molecular flexibility index (Phi) is 6.10. The smallest absolute Gasteiger partial charge is 0.350 e. The Bertz CT molecular complexity index is 1040. The Morgan fingerprint density at radius 1 is 1.31 bits per heavy atom. The lowest BCUT2D eigenvalue weighted by molar-refractivity contribution is -0.114. The zero-order chi connectivity index (χ0) is 21.0. The fourth-order valence-electron chi connectivity index (χ4n) is 2.62. The molecule has 0 radical (unpaired) electrons. The van der Waals surface area contributed by atoms with E-state index in [0.29, 0.717) is 32.7 Å².